The van der Waals surface area contributed by atoms with Gasteiger partial charge in [-0.05, 0) is 57.8 Å². The van der Waals surface area contributed by atoms with E-state index < -0.39 is 0 Å². The maximum Gasteiger partial charge on any atom is 0.130 e. The number of nitrogens with one attached hydrogen (secondary N) is 1. The topological polar surface area (TPSA) is 29.1 Å². The van der Waals surface area contributed by atoms with Crippen LogP contribution in [0.3, 0.4) is 0 Å². The summed E-state index contributed by atoms with van der Waals surface area (Å²) in [6.45, 7) is 9.49. The summed E-state index contributed by atoms with van der Waals surface area (Å²) < 4.78 is 0. The fourth-order valence-corrected chi connectivity index (χ4v) is 3.59. The van der Waals surface area contributed by atoms with Gasteiger partial charge in [-0.3, -0.25) is 0 Å². The third kappa shape index (κ3) is 2.10. The zero-order chi connectivity index (χ0) is 11.3. The molecule has 0 aromatic rings. The molecule has 2 heteroatoms. The molecule has 0 aliphatic heterocycles. The fraction of sp³-hybridized carbons (Fsp3) is 0.923. The first-order valence-corrected chi connectivity index (χ1v) is 5.99. The minimum atomic E-state index is 0.225. The molecule has 1 N–H and O–H groups in total. The van der Waals surface area contributed by atoms with Crippen molar-refractivity contribution in [3.05, 3.63) is 0 Å². The number of carbonyl (C=O) groups is 1. The first-order chi connectivity index (χ1) is 6.74. The highest BCUT2D eigenvalue weighted by Gasteiger charge is 2.67. The van der Waals surface area contributed by atoms with Crippen LogP contribution in [0.4, 0.5) is 0 Å². The Morgan fingerprint density at radius 2 is 1.73 bits per heavy atom. The van der Waals surface area contributed by atoms with Crippen LogP contribution in [0.15, 0.2) is 0 Å². The van der Waals surface area contributed by atoms with Crippen molar-refractivity contribution in [1.82, 2.24) is 5.32 Å². The van der Waals surface area contributed by atoms with E-state index in [0.29, 0.717) is 16.6 Å². The Labute approximate surface area is 92.8 Å². The minimum Gasteiger partial charge on any atom is -0.312 e. The lowest BCUT2D eigenvalue weighted by Gasteiger charge is -2.71. The molecule has 0 unspecified atom stereocenters. The van der Waals surface area contributed by atoms with Crippen LogP contribution in [0.1, 0.15) is 53.4 Å². The second kappa shape index (κ2) is 3.07. The second-order valence-electron chi connectivity index (χ2n) is 7.01. The predicted molar refractivity (Wildman–Crippen MR) is 61.8 cm³/mol. The number of Topliss-reactive ketones (excluding diaryl/α,β-unsaturated/α-hetero) is 1. The Kier molecular flexibility index (Phi) is 2.27. The van der Waals surface area contributed by atoms with Crippen molar-refractivity contribution in [2.45, 2.75) is 58.9 Å². The predicted octanol–water partition coefficient (Wildman–Crippen LogP) is 2.52. The highest BCUT2D eigenvalue weighted by atomic mass is 16.1. The largest absolute Gasteiger partial charge is 0.312 e. The van der Waals surface area contributed by atoms with E-state index >= 15 is 0 Å². The van der Waals surface area contributed by atoms with Crippen LogP contribution >= 0.6 is 0 Å². The van der Waals surface area contributed by atoms with Gasteiger partial charge in [0.1, 0.15) is 5.78 Å². The molecule has 0 amide bonds. The van der Waals surface area contributed by atoms with E-state index in [9.17, 15) is 4.79 Å². The smallest absolute Gasteiger partial charge is 0.130 e. The third-order valence-electron chi connectivity index (χ3n) is 3.87. The van der Waals surface area contributed by atoms with Gasteiger partial charge in [-0.25, -0.2) is 0 Å². The lowest BCUT2D eigenvalue weighted by molar-refractivity contribution is -0.205. The van der Waals surface area contributed by atoms with Crippen molar-refractivity contribution in [1.29, 1.82) is 0 Å². The number of carbonyl (C=O) groups excluding carboxylic acids is 1. The van der Waals surface area contributed by atoms with Gasteiger partial charge in [0.05, 0.1) is 0 Å². The molecule has 0 radical (unpaired) electrons. The summed E-state index contributed by atoms with van der Waals surface area (Å²) in [5.74, 6) is 0.368. The van der Waals surface area contributed by atoms with E-state index in [1.54, 1.807) is 6.92 Å². The summed E-state index contributed by atoms with van der Waals surface area (Å²) in [7, 11) is 0. The standard InChI is InChI=1S/C13H23NO/c1-10(15)5-12-6-13(7-12,8-12)9-14-11(2,3)4/h14H,5-9H2,1-4H3. The average molecular weight is 209 g/mol. The Morgan fingerprint density at radius 3 is 2.13 bits per heavy atom. The first kappa shape index (κ1) is 11.1. The molecule has 0 saturated heterocycles. The third-order valence-corrected chi connectivity index (χ3v) is 3.87. The van der Waals surface area contributed by atoms with Gasteiger partial charge >= 0.3 is 0 Å². The van der Waals surface area contributed by atoms with Crippen molar-refractivity contribution in [2.75, 3.05) is 6.54 Å². The summed E-state index contributed by atoms with van der Waals surface area (Å²) in [4.78, 5) is 11.1. The maximum atomic E-state index is 11.1. The zero-order valence-electron chi connectivity index (χ0n) is 10.4. The van der Waals surface area contributed by atoms with Crippen LogP contribution < -0.4 is 5.32 Å². The molecule has 3 saturated carbocycles. The average Bonchev–Trinajstić information content (AvgIpc) is 1.88. The highest BCUT2D eigenvalue weighted by molar-refractivity contribution is 5.76. The Balaban J connectivity index is 1.76. The van der Waals surface area contributed by atoms with E-state index in [1.807, 2.05) is 0 Å². The number of rotatable bonds is 4. The molecule has 0 aromatic carbocycles. The fourth-order valence-electron chi connectivity index (χ4n) is 3.59. The summed E-state index contributed by atoms with van der Waals surface area (Å²) in [6.07, 6.45) is 4.66. The molecular formula is C13H23NO. The van der Waals surface area contributed by atoms with E-state index in [-0.39, 0.29) is 5.54 Å². The molecule has 15 heavy (non-hydrogen) atoms. The van der Waals surface area contributed by atoms with Crippen molar-refractivity contribution in [3.63, 3.8) is 0 Å². The number of ketones is 1. The maximum absolute atomic E-state index is 11.1. The molecule has 86 valence electrons. The minimum absolute atomic E-state index is 0.225. The van der Waals surface area contributed by atoms with Crippen molar-refractivity contribution >= 4 is 5.78 Å². The van der Waals surface area contributed by atoms with E-state index in [0.717, 1.165) is 13.0 Å². The van der Waals surface area contributed by atoms with Gasteiger partial charge in [-0.1, -0.05) is 0 Å². The van der Waals surface area contributed by atoms with Crippen molar-refractivity contribution in [3.8, 4) is 0 Å². The SMILES string of the molecule is CC(=O)CC12CC(CNC(C)(C)C)(C1)C2. The lowest BCUT2D eigenvalue weighted by atomic mass is 9.34. The van der Waals surface area contributed by atoms with Gasteiger partial charge in [0.2, 0.25) is 0 Å². The van der Waals surface area contributed by atoms with E-state index in [2.05, 4.69) is 26.1 Å². The highest BCUT2D eigenvalue weighted by Crippen LogP contribution is 2.74. The molecule has 3 rings (SSSR count). The van der Waals surface area contributed by atoms with Crippen LogP contribution in [0, 0.1) is 10.8 Å². The van der Waals surface area contributed by atoms with Crippen LogP contribution in [0.5, 0.6) is 0 Å². The molecule has 0 atom stereocenters. The number of hydrogen-bond donors (Lipinski definition) is 1. The molecule has 2 bridgehead atoms. The monoisotopic (exact) mass is 209 g/mol. The van der Waals surface area contributed by atoms with Crippen LogP contribution in [-0.2, 0) is 4.79 Å². The molecular weight excluding hydrogens is 186 g/mol. The molecule has 3 fully saturated rings. The summed E-state index contributed by atoms with van der Waals surface area (Å²) in [5, 5.41) is 3.59. The number of hydrogen-bond acceptors (Lipinski definition) is 2. The van der Waals surface area contributed by atoms with Crippen LogP contribution in [0.25, 0.3) is 0 Å². The zero-order valence-corrected chi connectivity index (χ0v) is 10.4. The molecule has 2 nitrogen and oxygen atoms in total. The van der Waals surface area contributed by atoms with Gasteiger partial charge < -0.3 is 10.1 Å². The van der Waals surface area contributed by atoms with E-state index in [1.165, 1.54) is 19.3 Å². The summed E-state index contributed by atoms with van der Waals surface area (Å²) in [5.41, 5.74) is 1.22. The quantitative estimate of drug-likeness (QED) is 0.771. The van der Waals surface area contributed by atoms with Crippen molar-refractivity contribution < 1.29 is 4.79 Å². The summed E-state index contributed by atoms with van der Waals surface area (Å²) >= 11 is 0. The van der Waals surface area contributed by atoms with E-state index in [4.69, 9.17) is 0 Å². The van der Waals surface area contributed by atoms with Crippen LogP contribution in [0.2, 0.25) is 0 Å². The molecule has 0 aromatic heterocycles. The van der Waals surface area contributed by atoms with Gasteiger partial charge in [-0.15, -0.1) is 0 Å². The van der Waals surface area contributed by atoms with Crippen molar-refractivity contribution in [2.24, 2.45) is 10.8 Å². The Morgan fingerprint density at radius 1 is 1.20 bits per heavy atom. The molecule has 3 aliphatic rings. The normalized spacial score (nSPS) is 38.1. The van der Waals surface area contributed by atoms with Crippen LogP contribution in [-0.4, -0.2) is 17.9 Å². The van der Waals surface area contributed by atoms with Gasteiger partial charge in [-0.2, -0.15) is 0 Å². The van der Waals surface area contributed by atoms with Gasteiger partial charge in [0, 0.05) is 18.5 Å². The Bertz CT molecular complexity index is 268. The lowest BCUT2D eigenvalue weighted by Crippen LogP contribution is -2.66. The molecule has 3 aliphatic carbocycles. The van der Waals surface area contributed by atoms with Gasteiger partial charge in [0.25, 0.3) is 0 Å². The first-order valence-electron chi connectivity index (χ1n) is 5.99. The molecule has 0 heterocycles. The Hall–Kier alpha value is -0.370. The molecule has 0 spiro atoms. The summed E-state index contributed by atoms with van der Waals surface area (Å²) in [6, 6.07) is 0. The van der Waals surface area contributed by atoms with Gasteiger partial charge in [0.15, 0.2) is 0 Å². The second-order valence-corrected chi connectivity index (χ2v) is 7.01.